The molecule has 0 bridgehead atoms. The molecule has 0 radical (unpaired) electrons. The predicted molar refractivity (Wildman–Crippen MR) is 65.4 cm³/mol. The van der Waals surface area contributed by atoms with Gasteiger partial charge in [-0.15, -0.1) is 0 Å². The molecule has 0 saturated heterocycles. The summed E-state index contributed by atoms with van der Waals surface area (Å²) in [4.78, 5) is 36.2. The van der Waals surface area contributed by atoms with Crippen molar-refractivity contribution in [3.63, 3.8) is 0 Å². The summed E-state index contributed by atoms with van der Waals surface area (Å²) in [7, 11) is 0. The Morgan fingerprint density at radius 1 is 1.05 bits per heavy atom. The maximum atomic E-state index is 12.4. The lowest BCUT2D eigenvalue weighted by Crippen LogP contribution is -2.49. The van der Waals surface area contributed by atoms with Crippen molar-refractivity contribution in [2.45, 2.75) is 13.0 Å². The van der Waals surface area contributed by atoms with Crippen molar-refractivity contribution in [1.29, 1.82) is 0 Å². The van der Waals surface area contributed by atoms with Crippen molar-refractivity contribution in [1.82, 2.24) is 5.32 Å². The quantitative estimate of drug-likeness (QED) is 0.706. The predicted octanol–water partition coefficient (Wildman–Crippen LogP) is 0.447. The summed E-state index contributed by atoms with van der Waals surface area (Å²) < 4.78 is 0. The fourth-order valence-corrected chi connectivity index (χ4v) is 2.54. The lowest BCUT2D eigenvalue weighted by molar-refractivity contribution is -0.131. The number of benzene rings is 1. The summed E-state index contributed by atoms with van der Waals surface area (Å²) in [6, 6.07) is 6.48. The lowest BCUT2D eigenvalue weighted by Gasteiger charge is -2.31. The largest absolute Gasteiger partial charge is 0.383 e. The molecule has 3 rings (SSSR count). The first-order valence-electron chi connectivity index (χ1n) is 5.94. The summed E-state index contributed by atoms with van der Waals surface area (Å²) in [6.07, 6.45) is -1.30. The van der Waals surface area contributed by atoms with Crippen LogP contribution in [0.2, 0.25) is 0 Å². The van der Waals surface area contributed by atoms with Gasteiger partial charge in [-0.25, -0.2) is 0 Å². The average molecular weight is 257 g/mol. The molecule has 5 heteroatoms. The Morgan fingerprint density at radius 3 is 2.26 bits per heavy atom. The minimum atomic E-state index is -1.30. The van der Waals surface area contributed by atoms with Crippen LogP contribution in [0.1, 0.15) is 27.6 Å². The minimum Gasteiger partial charge on any atom is -0.383 e. The van der Waals surface area contributed by atoms with Gasteiger partial charge in [-0.2, -0.15) is 0 Å². The van der Waals surface area contributed by atoms with Crippen LogP contribution in [-0.4, -0.2) is 28.7 Å². The van der Waals surface area contributed by atoms with Crippen LogP contribution in [0.4, 0.5) is 0 Å². The van der Waals surface area contributed by atoms with Crippen molar-refractivity contribution >= 4 is 17.5 Å². The molecule has 0 saturated carbocycles. The van der Waals surface area contributed by atoms with Crippen molar-refractivity contribution in [2.24, 2.45) is 5.92 Å². The molecule has 2 aliphatic rings. The maximum Gasteiger partial charge on any atom is 0.253 e. The molecule has 19 heavy (non-hydrogen) atoms. The summed E-state index contributed by atoms with van der Waals surface area (Å²) in [5.74, 6) is -2.02. The highest BCUT2D eigenvalue weighted by Crippen LogP contribution is 2.33. The molecule has 1 heterocycles. The van der Waals surface area contributed by atoms with Gasteiger partial charge in [0.05, 0.1) is 5.70 Å². The van der Waals surface area contributed by atoms with Crippen molar-refractivity contribution < 1.29 is 19.5 Å². The minimum absolute atomic E-state index is 0.00602. The van der Waals surface area contributed by atoms with Crippen LogP contribution in [0, 0.1) is 5.92 Å². The number of aliphatic hydroxyl groups excluding tert-OH is 1. The molecular weight excluding hydrogens is 246 g/mol. The number of fused-ring (bicyclic) bond motifs is 1. The Balaban J connectivity index is 2.23. The third kappa shape index (κ3) is 1.48. The molecule has 2 atom stereocenters. The summed E-state index contributed by atoms with van der Waals surface area (Å²) in [6.45, 7) is 1.57. The zero-order valence-electron chi connectivity index (χ0n) is 10.1. The van der Waals surface area contributed by atoms with Gasteiger partial charge in [-0.05, 0) is 0 Å². The Kier molecular flexibility index (Phi) is 2.40. The molecule has 0 aromatic heterocycles. The van der Waals surface area contributed by atoms with Gasteiger partial charge in [0, 0.05) is 22.6 Å². The molecule has 2 unspecified atom stereocenters. The second kappa shape index (κ2) is 3.86. The van der Waals surface area contributed by atoms with Crippen LogP contribution < -0.4 is 5.32 Å². The van der Waals surface area contributed by atoms with Gasteiger partial charge < -0.3 is 10.4 Å². The smallest absolute Gasteiger partial charge is 0.253 e. The molecule has 1 aromatic rings. The first-order chi connectivity index (χ1) is 9.02. The van der Waals surface area contributed by atoms with E-state index in [0.717, 1.165) is 0 Å². The van der Waals surface area contributed by atoms with Crippen LogP contribution in [0.15, 0.2) is 35.5 Å². The molecule has 2 N–H and O–H groups in total. The number of ketones is 2. The van der Waals surface area contributed by atoms with E-state index in [1.807, 2.05) is 0 Å². The van der Waals surface area contributed by atoms with Gasteiger partial charge in [-0.1, -0.05) is 31.2 Å². The van der Waals surface area contributed by atoms with E-state index in [4.69, 9.17) is 0 Å². The maximum absolute atomic E-state index is 12.4. The van der Waals surface area contributed by atoms with Gasteiger partial charge in [0.15, 0.2) is 5.78 Å². The monoisotopic (exact) mass is 257 g/mol. The molecule has 5 nitrogen and oxygen atoms in total. The summed E-state index contributed by atoms with van der Waals surface area (Å²) in [5, 5.41) is 12.1. The van der Waals surface area contributed by atoms with Crippen LogP contribution in [0.5, 0.6) is 0 Å². The number of carbonyl (C=O) groups is 3. The Morgan fingerprint density at radius 2 is 1.63 bits per heavy atom. The van der Waals surface area contributed by atoms with E-state index in [0.29, 0.717) is 5.56 Å². The standard InChI is InChI=1S/C14H11NO4/c1-6-9-10(15-14(19)11(6)16)13(18)8-5-3-2-4-7(8)12(9)17/h2-6,11,16H,1H3,(H,15,19). The van der Waals surface area contributed by atoms with Gasteiger partial charge in [0.25, 0.3) is 5.91 Å². The van der Waals surface area contributed by atoms with E-state index < -0.39 is 17.9 Å². The first-order valence-corrected chi connectivity index (χ1v) is 5.94. The SMILES string of the molecule is CC1C2=C(NC(=O)C1O)C(=O)c1ccccc1C2=O. The van der Waals surface area contributed by atoms with E-state index in [1.54, 1.807) is 31.2 Å². The summed E-state index contributed by atoms with van der Waals surface area (Å²) in [5.41, 5.74) is 0.805. The second-order valence-electron chi connectivity index (χ2n) is 4.72. The van der Waals surface area contributed by atoms with Gasteiger partial charge in [-0.3, -0.25) is 14.4 Å². The highest BCUT2D eigenvalue weighted by atomic mass is 16.3. The Bertz CT molecular complexity index is 659. The highest BCUT2D eigenvalue weighted by molar-refractivity contribution is 6.28. The molecule has 1 aromatic carbocycles. The number of hydrogen-bond acceptors (Lipinski definition) is 4. The van der Waals surface area contributed by atoms with E-state index in [2.05, 4.69) is 5.32 Å². The zero-order valence-corrected chi connectivity index (χ0v) is 10.1. The third-order valence-electron chi connectivity index (χ3n) is 3.60. The van der Waals surface area contributed by atoms with Gasteiger partial charge >= 0.3 is 0 Å². The molecular formula is C14H11NO4. The van der Waals surface area contributed by atoms with Crippen LogP contribution in [0.3, 0.4) is 0 Å². The molecule has 1 aliphatic carbocycles. The molecule has 1 amide bonds. The van der Waals surface area contributed by atoms with Crippen molar-refractivity contribution in [3.8, 4) is 0 Å². The van der Waals surface area contributed by atoms with Crippen molar-refractivity contribution in [2.75, 3.05) is 0 Å². The highest BCUT2D eigenvalue weighted by Gasteiger charge is 2.42. The fraction of sp³-hybridized carbons (Fsp3) is 0.214. The number of allylic oxidation sites excluding steroid dienone is 1. The number of nitrogens with one attached hydrogen (secondary N) is 1. The molecule has 96 valence electrons. The zero-order chi connectivity index (χ0) is 13.7. The fourth-order valence-electron chi connectivity index (χ4n) is 2.54. The topological polar surface area (TPSA) is 83.5 Å². The molecule has 0 fully saturated rings. The number of rotatable bonds is 0. The molecule has 0 spiro atoms. The Labute approximate surface area is 108 Å². The summed E-state index contributed by atoms with van der Waals surface area (Å²) >= 11 is 0. The van der Waals surface area contributed by atoms with Crippen LogP contribution in [-0.2, 0) is 4.79 Å². The van der Waals surface area contributed by atoms with Crippen molar-refractivity contribution in [3.05, 3.63) is 46.7 Å². The third-order valence-corrected chi connectivity index (χ3v) is 3.60. The first kappa shape index (κ1) is 11.8. The number of hydrogen-bond donors (Lipinski definition) is 2. The molecule has 1 aliphatic heterocycles. The number of amides is 1. The number of carbonyl (C=O) groups excluding carboxylic acids is 3. The lowest BCUT2D eigenvalue weighted by atomic mass is 9.78. The van der Waals surface area contributed by atoms with Gasteiger partial charge in [0.1, 0.15) is 6.10 Å². The van der Waals surface area contributed by atoms with E-state index in [1.165, 1.54) is 0 Å². The Hall–Kier alpha value is -2.27. The van der Waals surface area contributed by atoms with Gasteiger partial charge in [0.2, 0.25) is 5.78 Å². The van der Waals surface area contributed by atoms with Crippen LogP contribution >= 0.6 is 0 Å². The van der Waals surface area contributed by atoms with E-state index in [9.17, 15) is 19.5 Å². The average Bonchev–Trinajstić information content (AvgIpc) is 2.42. The van der Waals surface area contributed by atoms with E-state index >= 15 is 0 Å². The second-order valence-corrected chi connectivity index (χ2v) is 4.72. The van der Waals surface area contributed by atoms with Crippen LogP contribution in [0.25, 0.3) is 0 Å². The number of aliphatic hydroxyl groups is 1. The number of Topliss-reactive ketones (excluding diaryl/α,β-unsaturated/α-hetero) is 2. The normalized spacial score (nSPS) is 25.9. The van der Waals surface area contributed by atoms with E-state index in [-0.39, 0.29) is 28.4 Å².